The molecule has 1 heterocycles. The molecule has 19 heavy (non-hydrogen) atoms. The smallest absolute Gasteiger partial charge is 0.0194 e. The zero-order valence-corrected chi connectivity index (χ0v) is 13.8. The summed E-state index contributed by atoms with van der Waals surface area (Å²) in [5, 5.41) is 3.72. The summed E-state index contributed by atoms with van der Waals surface area (Å²) in [6.45, 7) is 14.4. The number of rotatable bonds is 9. The van der Waals surface area contributed by atoms with Crippen LogP contribution in [-0.2, 0) is 0 Å². The molecule has 1 rings (SSSR count). The minimum absolute atomic E-state index is 0.660. The third-order valence-electron chi connectivity index (χ3n) is 5.22. The van der Waals surface area contributed by atoms with Crippen LogP contribution in [0, 0.1) is 5.41 Å². The minimum Gasteiger partial charge on any atom is -0.313 e. The van der Waals surface area contributed by atoms with Crippen molar-refractivity contribution in [1.29, 1.82) is 0 Å². The Morgan fingerprint density at radius 2 is 1.63 bits per heavy atom. The molecule has 0 aromatic carbocycles. The fraction of sp³-hybridized carbons (Fsp3) is 1.00. The monoisotopic (exact) mass is 268 g/mol. The van der Waals surface area contributed by atoms with Crippen LogP contribution in [0.3, 0.4) is 0 Å². The molecule has 0 aliphatic carbocycles. The lowest BCUT2D eigenvalue weighted by Gasteiger charge is -2.42. The van der Waals surface area contributed by atoms with Crippen LogP contribution in [-0.4, -0.2) is 37.1 Å². The number of likely N-dealkylation sites (tertiary alicyclic amines) is 1. The Morgan fingerprint density at radius 3 is 2.11 bits per heavy atom. The summed E-state index contributed by atoms with van der Waals surface area (Å²) in [6, 6.07) is 0.709. The zero-order chi connectivity index (χ0) is 14.1. The van der Waals surface area contributed by atoms with Gasteiger partial charge in [0.25, 0.3) is 0 Å². The lowest BCUT2D eigenvalue weighted by atomic mass is 9.74. The first kappa shape index (κ1) is 17.0. The van der Waals surface area contributed by atoms with E-state index in [0.717, 1.165) is 0 Å². The minimum atomic E-state index is 0.660. The van der Waals surface area contributed by atoms with Crippen LogP contribution in [0.4, 0.5) is 0 Å². The van der Waals surface area contributed by atoms with Gasteiger partial charge in [-0.25, -0.2) is 0 Å². The van der Waals surface area contributed by atoms with Crippen molar-refractivity contribution in [3.8, 4) is 0 Å². The molecule has 1 fully saturated rings. The molecule has 0 aromatic heterocycles. The fourth-order valence-electron chi connectivity index (χ4n) is 3.43. The Balaban J connectivity index is 2.36. The Kier molecular flexibility index (Phi) is 8.01. The van der Waals surface area contributed by atoms with Crippen LogP contribution in [0.15, 0.2) is 0 Å². The average Bonchev–Trinajstić information content (AvgIpc) is 2.46. The summed E-state index contributed by atoms with van der Waals surface area (Å²) in [7, 11) is 0. The van der Waals surface area contributed by atoms with Crippen molar-refractivity contribution in [2.45, 2.75) is 78.7 Å². The Bertz CT molecular complexity index is 213. The molecule has 1 aliphatic heterocycles. The quantitative estimate of drug-likeness (QED) is 0.678. The molecule has 2 heteroatoms. The Morgan fingerprint density at radius 1 is 1.00 bits per heavy atom. The van der Waals surface area contributed by atoms with E-state index in [-0.39, 0.29) is 0 Å². The maximum atomic E-state index is 3.72. The first-order valence-corrected chi connectivity index (χ1v) is 8.65. The first-order valence-electron chi connectivity index (χ1n) is 8.65. The topological polar surface area (TPSA) is 15.3 Å². The van der Waals surface area contributed by atoms with Crippen molar-refractivity contribution < 1.29 is 0 Å². The molecule has 0 amide bonds. The number of nitrogens with zero attached hydrogens (tertiary/aromatic N) is 1. The number of hydrogen-bond acceptors (Lipinski definition) is 2. The van der Waals surface area contributed by atoms with E-state index in [4.69, 9.17) is 0 Å². The second kappa shape index (κ2) is 8.97. The summed E-state index contributed by atoms with van der Waals surface area (Å²) in [4.78, 5) is 2.70. The van der Waals surface area contributed by atoms with Gasteiger partial charge in [-0.2, -0.15) is 0 Å². The second-order valence-corrected chi connectivity index (χ2v) is 6.45. The lowest BCUT2D eigenvalue weighted by Crippen LogP contribution is -2.46. The van der Waals surface area contributed by atoms with Crippen LogP contribution < -0.4 is 5.32 Å². The van der Waals surface area contributed by atoms with E-state index in [1.54, 1.807) is 0 Å². The maximum Gasteiger partial charge on any atom is 0.0194 e. The first-order chi connectivity index (χ1) is 9.19. The summed E-state index contributed by atoms with van der Waals surface area (Å²) in [6.07, 6.45) is 9.41. The normalized spacial score (nSPS) is 21.5. The Labute approximate surface area is 121 Å². The molecule has 1 aliphatic rings. The van der Waals surface area contributed by atoms with E-state index in [0.29, 0.717) is 11.5 Å². The van der Waals surface area contributed by atoms with Crippen molar-refractivity contribution in [3.05, 3.63) is 0 Å². The highest BCUT2D eigenvalue weighted by molar-refractivity contribution is 4.85. The standard InChI is InChI=1S/C17H36N2/c1-5-9-16(18-12-6-2)15-19-13-10-17(7-3,8-4)11-14-19/h16,18H,5-15H2,1-4H3. The molecule has 114 valence electrons. The van der Waals surface area contributed by atoms with E-state index in [1.807, 2.05) is 0 Å². The number of hydrogen-bond donors (Lipinski definition) is 1. The highest BCUT2D eigenvalue weighted by atomic mass is 15.2. The predicted molar refractivity (Wildman–Crippen MR) is 85.7 cm³/mol. The van der Waals surface area contributed by atoms with Gasteiger partial charge in [0.1, 0.15) is 0 Å². The summed E-state index contributed by atoms with van der Waals surface area (Å²) >= 11 is 0. The maximum absolute atomic E-state index is 3.72. The predicted octanol–water partition coefficient (Wildman–Crippen LogP) is 4.06. The van der Waals surface area contributed by atoms with E-state index < -0.39 is 0 Å². The van der Waals surface area contributed by atoms with Crippen molar-refractivity contribution in [2.75, 3.05) is 26.2 Å². The third kappa shape index (κ3) is 5.43. The number of piperidine rings is 1. The highest BCUT2D eigenvalue weighted by Crippen LogP contribution is 2.37. The van der Waals surface area contributed by atoms with Crippen LogP contribution in [0.1, 0.15) is 72.6 Å². The van der Waals surface area contributed by atoms with E-state index in [9.17, 15) is 0 Å². The molecule has 2 nitrogen and oxygen atoms in total. The molecular weight excluding hydrogens is 232 g/mol. The molecule has 1 unspecified atom stereocenters. The molecule has 0 saturated carbocycles. The molecule has 1 saturated heterocycles. The summed E-state index contributed by atoms with van der Waals surface area (Å²) in [5.74, 6) is 0. The van der Waals surface area contributed by atoms with Gasteiger partial charge in [-0.1, -0.05) is 47.0 Å². The van der Waals surface area contributed by atoms with Crippen molar-refractivity contribution in [2.24, 2.45) is 5.41 Å². The Hall–Kier alpha value is -0.0800. The third-order valence-corrected chi connectivity index (χ3v) is 5.22. The molecule has 0 bridgehead atoms. The van der Waals surface area contributed by atoms with Gasteiger partial charge >= 0.3 is 0 Å². The van der Waals surface area contributed by atoms with Gasteiger partial charge in [0.2, 0.25) is 0 Å². The second-order valence-electron chi connectivity index (χ2n) is 6.45. The zero-order valence-electron chi connectivity index (χ0n) is 13.8. The number of nitrogens with one attached hydrogen (secondary N) is 1. The van der Waals surface area contributed by atoms with E-state index in [2.05, 4.69) is 37.9 Å². The fourth-order valence-corrected chi connectivity index (χ4v) is 3.43. The highest BCUT2D eigenvalue weighted by Gasteiger charge is 2.31. The SMILES string of the molecule is CCCNC(CCC)CN1CCC(CC)(CC)CC1. The molecular formula is C17H36N2. The van der Waals surface area contributed by atoms with E-state index in [1.165, 1.54) is 71.1 Å². The van der Waals surface area contributed by atoms with Gasteiger partial charge in [-0.15, -0.1) is 0 Å². The van der Waals surface area contributed by atoms with Gasteiger partial charge in [-0.3, -0.25) is 0 Å². The van der Waals surface area contributed by atoms with Crippen molar-refractivity contribution >= 4 is 0 Å². The van der Waals surface area contributed by atoms with Crippen molar-refractivity contribution in [3.63, 3.8) is 0 Å². The average molecular weight is 268 g/mol. The summed E-state index contributed by atoms with van der Waals surface area (Å²) in [5.41, 5.74) is 0.660. The van der Waals surface area contributed by atoms with Gasteiger partial charge in [0, 0.05) is 12.6 Å². The van der Waals surface area contributed by atoms with Gasteiger partial charge in [-0.05, 0) is 50.7 Å². The summed E-state index contributed by atoms with van der Waals surface area (Å²) < 4.78 is 0. The van der Waals surface area contributed by atoms with Crippen LogP contribution in [0.5, 0.6) is 0 Å². The van der Waals surface area contributed by atoms with Gasteiger partial charge in [0.15, 0.2) is 0 Å². The molecule has 0 aromatic rings. The molecule has 0 radical (unpaired) electrons. The molecule has 0 spiro atoms. The lowest BCUT2D eigenvalue weighted by molar-refractivity contribution is 0.0876. The van der Waals surface area contributed by atoms with Gasteiger partial charge < -0.3 is 10.2 Å². The largest absolute Gasteiger partial charge is 0.313 e. The van der Waals surface area contributed by atoms with E-state index >= 15 is 0 Å². The van der Waals surface area contributed by atoms with Crippen LogP contribution in [0.2, 0.25) is 0 Å². The molecule has 1 atom stereocenters. The van der Waals surface area contributed by atoms with Crippen LogP contribution >= 0.6 is 0 Å². The molecule has 1 N–H and O–H groups in total. The van der Waals surface area contributed by atoms with Gasteiger partial charge in [0.05, 0.1) is 0 Å². The van der Waals surface area contributed by atoms with Crippen LogP contribution in [0.25, 0.3) is 0 Å². The van der Waals surface area contributed by atoms with Crippen molar-refractivity contribution in [1.82, 2.24) is 10.2 Å².